The fourth-order valence-electron chi connectivity index (χ4n) is 5.83. The number of fused-ring (bicyclic) bond motifs is 1. The van der Waals surface area contributed by atoms with Crippen LogP contribution in [-0.4, -0.2) is 82.3 Å². The van der Waals surface area contributed by atoms with Crippen LogP contribution in [0.4, 0.5) is 0 Å². The molecular formula is C33H31N3O5. The molecule has 4 aromatic rings. The van der Waals surface area contributed by atoms with E-state index < -0.39 is 5.97 Å². The van der Waals surface area contributed by atoms with E-state index in [0.717, 1.165) is 55.6 Å². The second-order valence-electron chi connectivity index (χ2n) is 10.5. The number of rotatable bonds is 4. The van der Waals surface area contributed by atoms with Crippen molar-refractivity contribution in [2.75, 3.05) is 39.4 Å². The van der Waals surface area contributed by atoms with Crippen molar-refractivity contribution < 1.29 is 24.5 Å². The number of ether oxygens (including phenoxy) is 1. The predicted octanol–water partition coefficient (Wildman–Crippen LogP) is 4.58. The topological polar surface area (TPSA) is 106 Å². The number of phenols is 1. The summed E-state index contributed by atoms with van der Waals surface area (Å²) in [7, 11) is 0. The van der Waals surface area contributed by atoms with Gasteiger partial charge in [0.1, 0.15) is 5.75 Å². The maximum absolute atomic E-state index is 13.2. The first-order valence-electron chi connectivity index (χ1n) is 13.9. The van der Waals surface area contributed by atoms with E-state index in [1.54, 1.807) is 30.3 Å². The van der Waals surface area contributed by atoms with Crippen molar-refractivity contribution in [2.24, 2.45) is 0 Å². The van der Waals surface area contributed by atoms with Gasteiger partial charge in [-0.15, -0.1) is 0 Å². The highest BCUT2D eigenvalue weighted by Crippen LogP contribution is 2.31. The third-order valence-corrected chi connectivity index (χ3v) is 8.02. The molecule has 41 heavy (non-hydrogen) atoms. The van der Waals surface area contributed by atoms with Crippen molar-refractivity contribution in [2.45, 2.75) is 18.9 Å². The number of nitrogens with zero attached hydrogens (tertiary/aromatic N) is 2. The SMILES string of the molecule is O=C(O)c1cccc(C#Cc2ccc(C(=O)N3CCC(N4CCOCC4)CC3)c(O)c2)c1-c1ccc2cc[nH]c2c1. The summed E-state index contributed by atoms with van der Waals surface area (Å²) in [4.78, 5) is 32.7. The zero-order valence-electron chi connectivity index (χ0n) is 22.6. The Morgan fingerprint density at radius 2 is 1.71 bits per heavy atom. The molecule has 6 rings (SSSR count). The minimum absolute atomic E-state index is 0.117. The van der Waals surface area contributed by atoms with Crippen LogP contribution in [0.5, 0.6) is 5.75 Å². The van der Waals surface area contributed by atoms with Gasteiger partial charge in [-0.1, -0.05) is 30.0 Å². The minimum Gasteiger partial charge on any atom is -0.507 e. The Morgan fingerprint density at radius 3 is 2.46 bits per heavy atom. The first-order chi connectivity index (χ1) is 20.0. The number of phenolic OH excluding ortho intramolecular Hbond substituents is 1. The number of amides is 1. The Hall–Kier alpha value is -4.58. The highest BCUT2D eigenvalue weighted by Gasteiger charge is 2.29. The number of H-pyrrole nitrogens is 1. The van der Waals surface area contributed by atoms with E-state index in [9.17, 15) is 19.8 Å². The van der Waals surface area contributed by atoms with Crippen LogP contribution in [0.2, 0.25) is 0 Å². The number of hydrogen-bond donors (Lipinski definition) is 3. The van der Waals surface area contributed by atoms with Crippen LogP contribution in [0.15, 0.2) is 66.9 Å². The zero-order valence-corrected chi connectivity index (χ0v) is 22.6. The van der Waals surface area contributed by atoms with E-state index in [2.05, 4.69) is 21.7 Å². The Morgan fingerprint density at radius 1 is 0.902 bits per heavy atom. The van der Waals surface area contributed by atoms with Crippen molar-refractivity contribution in [1.82, 2.24) is 14.8 Å². The number of piperidine rings is 1. The number of carboxylic acids is 1. The zero-order chi connectivity index (χ0) is 28.3. The molecule has 0 atom stereocenters. The van der Waals surface area contributed by atoms with Crippen LogP contribution in [0.1, 0.15) is 44.7 Å². The van der Waals surface area contributed by atoms with Gasteiger partial charge in [-0.2, -0.15) is 0 Å². The normalized spacial score (nSPS) is 16.3. The molecule has 0 bridgehead atoms. The average Bonchev–Trinajstić information content (AvgIpc) is 3.48. The smallest absolute Gasteiger partial charge is 0.336 e. The summed E-state index contributed by atoms with van der Waals surface area (Å²) >= 11 is 0. The molecule has 0 aliphatic carbocycles. The van der Waals surface area contributed by atoms with Gasteiger partial charge < -0.3 is 24.8 Å². The molecule has 2 aliphatic heterocycles. The number of carbonyl (C=O) groups excluding carboxylic acids is 1. The molecule has 1 aromatic heterocycles. The molecule has 0 spiro atoms. The van der Waals surface area contributed by atoms with Crippen LogP contribution >= 0.6 is 0 Å². The molecule has 0 unspecified atom stereocenters. The molecule has 208 valence electrons. The summed E-state index contributed by atoms with van der Waals surface area (Å²) in [5, 5.41) is 21.7. The number of aromatic amines is 1. The average molecular weight is 550 g/mol. The number of hydrogen-bond acceptors (Lipinski definition) is 5. The summed E-state index contributed by atoms with van der Waals surface area (Å²) < 4.78 is 5.46. The number of aromatic hydroxyl groups is 1. The quantitative estimate of drug-likeness (QED) is 0.322. The van der Waals surface area contributed by atoms with Crippen molar-refractivity contribution in [1.29, 1.82) is 0 Å². The highest BCUT2D eigenvalue weighted by atomic mass is 16.5. The second-order valence-corrected chi connectivity index (χ2v) is 10.5. The molecule has 1 amide bonds. The van der Waals surface area contributed by atoms with Gasteiger partial charge in [0.25, 0.3) is 5.91 Å². The Labute approximate surface area is 238 Å². The Kier molecular flexibility index (Phi) is 7.47. The van der Waals surface area contributed by atoms with Crippen molar-refractivity contribution in [3.05, 3.63) is 89.1 Å². The third kappa shape index (κ3) is 5.55. The molecule has 8 nitrogen and oxygen atoms in total. The van der Waals surface area contributed by atoms with E-state index in [4.69, 9.17) is 4.74 Å². The summed E-state index contributed by atoms with van der Waals surface area (Å²) in [5.41, 5.74) is 3.66. The third-order valence-electron chi connectivity index (χ3n) is 8.02. The second kappa shape index (κ2) is 11.5. The minimum atomic E-state index is -1.04. The number of nitrogens with one attached hydrogen (secondary N) is 1. The number of benzene rings is 3. The molecule has 3 heterocycles. The summed E-state index contributed by atoms with van der Waals surface area (Å²) in [6.45, 7) is 4.70. The van der Waals surface area contributed by atoms with E-state index >= 15 is 0 Å². The van der Waals surface area contributed by atoms with Crippen LogP contribution in [0.3, 0.4) is 0 Å². The summed E-state index contributed by atoms with van der Waals surface area (Å²) in [5.74, 6) is 4.81. The van der Waals surface area contributed by atoms with Gasteiger partial charge in [0, 0.05) is 60.6 Å². The number of morpholine rings is 1. The molecular weight excluding hydrogens is 518 g/mol. The van der Waals surface area contributed by atoms with Crippen LogP contribution in [0.25, 0.3) is 22.0 Å². The van der Waals surface area contributed by atoms with E-state index in [1.807, 2.05) is 35.4 Å². The van der Waals surface area contributed by atoms with Gasteiger partial charge in [-0.05, 0) is 66.3 Å². The first kappa shape index (κ1) is 26.6. The molecule has 2 saturated heterocycles. The molecule has 0 radical (unpaired) electrons. The standard InChI is InChI=1S/C33H31N3O5/c37-30-20-22(5-9-27(30)32(38)36-14-11-26(12-15-36)35-16-18-41-19-17-35)4-6-24-2-1-3-28(33(39)40)31(24)25-8-7-23-10-13-34-29(23)21-25/h1-3,5,7-10,13,20-21,26,34,37H,11-12,14-19H2,(H,39,40). The van der Waals surface area contributed by atoms with E-state index in [1.165, 1.54) is 6.07 Å². The molecule has 2 aliphatic rings. The largest absolute Gasteiger partial charge is 0.507 e. The molecule has 8 heteroatoms. The monoisotopic (exact) mass is 549 g/mol. The van der Waals surface area contributed by atoms with Gasteiger partial charge in [0.2, 0.25) is 0 Å². The van der Waals surface area contributed by atoms with Gasteiger partial charge in [0.15, 0.2) is 0 Å². The first-order valence-corrected chi connectivity index (χ1v) is 13.9. The lowest BCUT2D eigenvalue weighted by molar-refractivity contribution is 0.00156. The predicted molar refractivity (Wildman–Crippen MR) is 156 cm³/mol. The van der Waals surface area contributed by atoms with Gasteiger partial charge in [0.05, 0.1) is 24.3 Å². The number of likely N-dealkylation sites (tertiary alicyclic amines) is 1. The Balaban J connectivity index is 1.22. The van der Waals surface area contributed by atoms with E-state index in [0.29, 0.717) is 35.8 Å². The summed E-state index contributed by atoms with van der Waals surface area (Å²) in [6.07, 6.45) is 3.65. The molecule has 0 saturated carbocycles. The highest BCUT2D eigenvalue weighted by molar-refractivity contribution is 5.99. The van der Waals surface area contributed by atoms with Crippen LogP contribution in [0, 0.1) is 11.8 Å². The maximum atomic E-state index is 13.2. The van der Waals surface area contributed by atoms with Crippen molar-refractivity contribution in [3.63, 3.8) is 0 Å². The summed E-state index contributed by atoms with van der Waals surface area (Å²) in [6, 6.07) is 18.0. The molecule has 2 fully saturated rings. The number of aromatic nitrogens is 1. The van der Waals surface area contributed by atoms with Gasteiger partial charge in [-0.3, -0.25) is 9.69 Å². The van der Waals surface area contributed by atoms with Crippen LogP contribution in [-0.2, 0) is 4.74 Å². The van der Waals surface area contributed by atoms with E-state index in [-0.39, 0.29) is 22.8 Å². The van der Waals surface area contributed by atoms with Crippen molar-refractivity contribution in [3.8, 4) is 28.7 Å². The maximum Gasteiger partial charge on any atom is 0.336 e. The lowest BCUT2D eigenvalue weighted by Crippen LogP contribution is -2.50. The van der Waals surface area contributed by atoms with Crippen LogP contribution < -0.4 is 0 Å². The molecule has 3 aromatic carbocycles. The van der Waals surface area contributed by atoms with Gasteiger partial charge in [-0.25, -0.2) is 4.79 Å². The van der Waals surface area contributed by atoms with Crippen molar-refractivity contribution >= 4 is 22.8 Å². The Bertz CT molecular complexity index is 1670. The fraction of sp³-hybridized carbons (Fsp3) is 0.273. The fourth-order valence-corrected chi connectivity index (χ4v) is 5.83. The molecule has 3 N–H and O–H groups in total. The number of carboxylic acid groups (broad SMARTS) is 1. The number of carbonyl (C=O) groups is 2. The van der Waals surface area contributed by atoms with Gasteiger partial charge >= 0.3 is 5.97 Å². The lowest BCUT2D eigenvalue weighted by Gasteiger charge is -2.40. The number of aromatic carboxylic acids is 1. The lowest BCUT2D eigenvalue weighted by atomic mass is 9.93.